The number of rotatable bonds is 3. The van der Waals surface area contributed by atoms with Crippen molar-refractivity contribution < 1.29 is 13.5 Å². The van der Waals surface area contributed by atoms with Gasteiger partial charge in [-0.15, -0.1) is 0 Å². The zero-order valence-electron chi connectivity index (χ0n) is 9.52. The molecule has 0 spiro atoms. The molecule has 3 nitrogen and oxygen atoms in total. The maximum absolute atomic E-state index is 12.5. The molecule has 0 aliphatic rings. The Hall–Kier alpha value is -1.91. The molecule has 5 heteroatoms. The van der Waals surface area contributed by atoms with Gasteiger partial charge in [-0.2, -0.15) is 5.10 Å². The first-order valence-corrected chi connectivity index (χ1v) is 5.08. The summed E-state index contributed by atoms with van der Waals surface area (Å²) in [7, 11) is 3.22. The van der Waals surface area contributed by atoms with Crippen molar-refractivity contribution in [3.63, 3.8) is 0 Å². The minimum atomic E-state index is -2.55. The average molecular weight is 238 g/mol. The fraction of sp³-hybridized carbons (Fsp3) is 0.250. The molecule has 0 bridgehead atoms. The van der Waals surface area contributed by atoms with Crippen LogP contribution < -0.4 is 4.74 Å². The molecule has 17 heavy (non-hydrogen) atoms. The van der Waals surface area contributed by atoms with Crippen LogP contribution in [0.5, 0.6) is 5.75 Å². The van der Waals surface area contributed by atoms with Crippen LogP contribution in [0.2, 0.25) is 0 Å². The van der Waals surface area contributed by atoms with Crippen LogP contribution in [-0.4, -0.2) is 16.9 Å². The number of benzene rings is 1. The topological polar surface area (TPSA) is 27.1 Å². The molecular weight excluding hydrogens is 226 g/mol. The van der Waals surface area contributed by atoms with E-state index in [0.717, 1.165) is 11.3 Å². The summed E-state index contributed by atoms with van der Waals surface area (Å²) in [6.07, 6.45) is -2.55. The lowest BCUT2D eigenvalue weighted by atomic mass is 10.1. The molecule has 90 valence electrons. The SMILES string of the molecule is COc1ccc(-c2cc(C(F)F)nn2C)cc1. The van der Waals surface area contributed by atoms with Crippen molar-refractivity contribution in [3.8, 4) is 17.0 Å². The first-order chi connectivity index (χ1) is 8.11. The van der Waals surface area contributed by atoms with Crippen molar-refractivity contribution >= 4 is 0 Å². The quantitative estimate of drug-likeness (QED) is 0.821. The normalized spacial score (nSPS) is 10.9. The van der Waals surface area contributed by atoms with Gasteiger partial charge in [0.1, 0.15) is 11.4 Å². The number of aryl methyl sites for hydroxylation is 1. The molecule has 0 aliphatic carbocycles. The summed E-state index contributed by atoms with van der Waals surface area (Å²) >= 11 is 0. The summed E-state index contributed by atoms with van der Waals surface area (Å²) < 4.78 is 31.5. The Morgan fingerprint density at radius 3 is 2.35 bits per heavy atom. The van der Waals surface area contributed by atoms with E-state index in [1.54, 1.807) is 26.3 Å². The molecule has 0 radical (unpaired) electrons. The van der Waals surface area contributed by atoms with Crippen molar-refractivity contribution in [3.05, 3.63) is 36.0 Å². The Morgan fingerprint density at radius 1 is 1.24 bits per heavy atom. The Balaban J connectivity index is 2.38. The third-order valence-electron chi connectivity index (χ3n) is 2.51. The monoisotopic (exact) mass is 238 g/mol. The van der Waals surface area contributed by atoms with Crippen molar-refractivity contribution in [2.24, 2.45) is 7.05 Å². The second-order valence-corrected chi connectivity index (χ2v) is 3.61. The van der Waals surface area contributed by atoms with Crippen molar-refractivity contribution in [2.75, 3.05) is 7.11 Å². The molecule has 0 N–H and O–H groups in total. The fourth-order valence-corrected chi connectivity index (χ4v) is 1.63. The van der Waals surface area contributed by atoms with Crippen LogP contribution in [0.15, 0.2) is 30.3 Å². The van der Waals surface area contributed by atoms with Gasteiger partial charge in [-0.3, -0.25) is 4.68 Å². The molecule has 0 saturated heterocycles. The Labute approximate surface area is 97.6 Å². The molecule has 0 aliphatic heterocycles. The van der Waals surface area contributed by atoms with E-state index in [1.165, 1.54) is 10.7 Å². The average Bonchev–Trinajstić information content (AvgIpc) is 2.72. The zero-order chi connectivity index (χ0) is 12.4. The minimum absolute atomic E-state index is 0.210. The lowest BCUT2D eigenvalue weighted by Crippen LogP contribution is -1.94. The van der Waals surface area contributed by atoms with Gasteiger partial charge in [0.15, 0.2) is 0 Å². The van der Waals surface area contributed by atoms with Crippen LogP contribution in [0.3, 0.4) is 0 Å². The Bertz CT molecular complexity index is 506. The number of aromatic nitrogens is 2. The summed E-state index contributed by atoms with van der Waals surface area (Å²) in [5.41, 5.74) is 1.27. The number of alkyl halides is 2. The number of ether oxygens (including phenoxy) is 1. The molecule has 0 unspecified atom stereocenters. The number of hydrogen-bond acceptors (Lipinski definition) is 2. The first kappa shape index (κ1) is 11.6. The summed E-state index contributed by atoms with van der Waals surface area (Å²) in [4.78, 5) is 0. The smallest absolute Gasteiger partial charge is 0.282 e. The van der Waals surface area contributed by atoms with Gasteiger partial charge in [0.2, 0.25) is 0 Å². The Morgan fingerprint density at radius 2 is 1.88 bits per heavy atom. The lowest BCUT2D eigenvalue weighted by molar-refractivity contribution is 0.145. The van der Waals surface area contributed by atoms with Crippen molar-refractivity contribution in [2.45, 2.75) is 6.43 Å². The highest BCUT2D eigenvalue weighted by molar-refractivity contribution is 5.61. The molecule has 0 atom stereocenters. The maximum Gasteiger partial charge on any atom is 0.282 e. The van der Waals surface area contributed by atoms with Crippen LogP contribution in [0, 0.1) is 0 Å². The van der Waals surface area contributed by atoms with Gasteiger partial charge in [0.25, 0.3) is 6.43 Å². The van der Waals surface area contributed by atoms with E-state index in [4.69, 9.17) is 4.74 Å². The van der Waals surface area contributed by atoms with Crippen LogP contribution in [-0.2, 0) is 7.05 Å². The van der Waals surface area contributed by atoms with E-state index in [0.29, 0.717) is 5.69 Å². The van der Waals surface area contributed by atoms with Crippen molar-refractivity contribution in [1.29, 1.82) is 0 Å². The van der Waals surface area contributed by atoms with E-state index >= 15 is 0 Å². The first-order valence-electron chi connectivity index (χ1n) is 5.08. The summed E-state index contributed by atoms with van der Waals surface area (Å²) in [6.45, 7) is 0. The summed E-state index contributed by atoms with van der Waals surface area (Å²) in [5, 5.41) is 3.76. The molecule has 0 amide bonds. The fourth-order valence-electron chi connectivity index (χ4n) is 1.63. The van der Waals surface area contributed by atoms with Gasteiger partial charge in [0, 0.05) is 12.6 Å². The van der Waals surface area contributed by atoms with Crippen molar-refractivity contribution in [1.82, 2.24) is 9.78 Å². The van der Waals surface area contributed by atoms with E-state index in [9.17, 15) is 8.78 Å². The Kier molecular flexibility index (Phi) is 3.08. The third-order valence-corrected chi connectivity index (χ3v) is 2.51. The van der Waals surface area contributed by atoms with Gasteiger partial charge in [-0.1, -0.05) is 0 Å². The van der Waals surface area contributed by atoms with Crippen LogP contribution >= 0.6 is 0 Å². The number of halogens is 2. The molecule has 2 aromatic rings. The highest BCUT2D eigenvalue weighted by Crippen LogP contribution is 2.26. The van der Waals surface area contributed by atoms with Crippen LogP contribution in [0.25, 0.3) is 11.3 Å². The molecule has 1 heterocycles. The largest absolute Gasteiger partial charge is 0.497 e. The maximum atomic E-state index is 12.5. The highest BCUT2D eigenvalue weighted by atomic mass is 19.3. The zero-order valence-corrected chi connectivity index (χ0v) is 9.52. The van der Waals surface area contributed by atoms with E-state index in [1.807, 2.05) is 12.1 Å². The molecule has 1 aromatic carbocycles. The second-order valence-electron chi connectivity index (χ2n) is 3.61. The van der Waals surface area contributed by atoms with E-state index < -0.39 is 6.43 Å². The number of nitrogens with zero attached hydrogens (tertiary/aromatic N) is 2. The van der Waals surface area contributed by atoms with Gasteiger partial charge < -0.3 is 4.74 Å². The van der Waals surface area contributed by atoms with Crippen LogP contribution in [0.4, 0.5) is 8.78 Å². The highest BCUT2D eigenvalue weighted by Gasteiger charge is 2.14. The lowest BCUT2D eigenvalue weighted by Gasteiger charge is -2.03. The number of hydrogen-bond donors (Lipinski definition) is 0. The van der Waals surface area contributed by atoms with E-state index in [-0.39, 0.29) is 5.69 Å². The predicted molar refractivity (Wildman–Crippen MR) is 60.2 cm³/mol. The van der Waals surface area contributed by atoms with Gasteiger partial charge in [-0.05, 0) is 30.3 Å². The third kappa shape index (κ3) is 2.27. The second kappa shape index (κ2) is 4.53. The summed E-state index contributed by atoms with van der Waals surface area (Å²) in [6, 6.07) is 8.58. The molecule has 0 saturated carbocycles. The van der Waals surface area contributed by atoms with Gasteiger partial charge in [-0.25, -0.2) is 8.78 Å². The minimum Gasteiger partial charge on any atom is -0.497 e. The number of methoxy groups -OCH3 is 1. The molecule has 2 rings (SSSR count). The van der Waals surface area contributed by atoms with Gasteiger partial charge >= 0.3 is 0 Å². The molecule has 1 aromatic heterocycles. The van der Waals surface area contributed by atoms with E-state index in [2.05, 4.69) is 5.10 Å². The van der Waals surface area contributed by atoms with Gasteiger partial charge in [0.05, 0.1) is 12.8 Å². The summed E-state index contributed by atoms with van der Waals surface area (Å²) in [5.74, 6) is 0.727. The predicted octanol–water partition coefficient (Wildman–Crippen LogP) is 3.03. The van der Waals surface area contributed by atoms with Crippen LogP contribution in [0.1, 0.15) is 12.1 Å². The molecule has 0 fully saturated rings. The molecular formula is C12H12F2N2O. The standard InChI is InChI=1S/C12H12F2N2O/c1-16-11(7-10(15-16)12(13)14)8-3-5-9(17-2)6-4-8/h3-7,12H,1-2H3.